The Balaban J connectivity index is 1.65. The van der Waals surface area contributed by atoms with E-state index in [-0.39, 0.29) is 45.9 Å². The number of aryl methyl sites for hydroxylation is 2. The monoisotopic (exact) mass is 806 g/mol. The van der Waals surface area contributed by atoms with Crippen LogP contribution in [-0.4, -0.2) is 24.4 Å². The summed E-state index contributed by atoms with van der Waals surface area (Å²) in [5.74, 6) is -0.305. The number of rotatable bonds is 7. The largest absolute Gasteiger partial charge is 0.496 e. The molecule has 0 fully saturated rings. The van der Waals surface area contributed by atoms with Crippen LogP contribution in [0.3, 0.4) is 0 Å². The van der Waals surface area contributed by atoms with Gasteiger partial charge < -0.3 is 19.7 Å². The molecular weight excluding hydrogens is 772 g/mol. The summed E-state index contributed by atoms with van der Waals surface area (Å²) in [6, 6.07) is 4.39. The topological polar surface area (TPSA) is 58.9 Å². The molecule has 16 heteroatoms. The molecule has 0 spiro atoms. The average molecular weight is 807 g/mol. The highest BCUT2D eigenvalue weighted by Crippen LogP contribution is 2.53. The minimum atomic E-state index is -5.21. The summed E-state index contributed by atoms with van der Waals surface area (Å²) in [4.78, 5) is 0. The molecule has 56 heavy (non-hydrogen) atoms. The van der Waals surface area contributed by atoms with Gasteiger partial charge in [0.1, 0.15) is 23.7 Å². The molecule has 4 aromatic rings. The first-order valence-corrected chi connectivity index (χ1v) is 17.4. The van der Waals surface area contributed by atoms with Crippen LogP contribution in [0.2, 0.25) is 0 Å². The maximum absolute atomic E-state index is 13.9. The van der Waals surface area contributed by atoms with Gasteiger partial charge in [0.2, 0.25) is 0 Å². The second kappa shape index (κ2) is 14.8. The molecule has 0 aliphatic heterocycles. The molecular formula is C40H34F12O4. The van der Waals surface area contributed by atoms with Gasteiger partial charge in [-0.25, -0.2) is 0 Å². The fourth-order valence-electron chi connectivity index (χ4n) is 7.82. The van der Waals surface area contributed by atoms with E-state index in [1.54, 1.807) is 0 Å². The van der Waals surface area contributed by atoms with E-state index in [1.165, 1.54) is 26.4 Å². The molecule has 2 aliphatic carbocycles. The Hall–Kier alpha value is -4.44. The van der Waals surface area contributed by atoms with Crippen LogP contribution >= 0.6 is 0 Å². The van der Waals surface area contributed by atoms with Gasteiger partial charge in [-0.2, -0.15) is 52.7 Å². The minimum absolute atomic E-state index is 0.0677. The molecule has 0 saturated carbocycles. The normalized spacial score (nSPS) is 16.2. The number of aliphatic hydroxyl groups is 2. The zero-order valence-electron chi connectivity index (χ0n) is 29.7. The Morgan fingerprint density at radius 2 is 0.732 bits per heavy atom. The predicted molar refractivity (Wildman–Crippen MR) is 179 cm³/mol. The molecule has 0 bridgehead atoms. The summed E-state index contributed by atoms with van der Waals surface area (Å²) >= 11 is 0. The van der Waals surface area contributed by atoms with Crippen LogP contribution in [0.1, 0.15) is 105 Å². The SMILES string of the molecule is COc1c([C@H](O)c2cc(C(F)(F)F)cc(C(F)(F)F)c2)cc2c(c1-c1c3c(cc([C@H](O)c4cc(C(F)(F)F)cc(C(F)(F)F)c4)c1OC)CCCC3)CCCC2. The zero-order chi connectivity index (χ0) is 41.1. The molecule has 0 heterocycles. The molecule has 4 nitrogen and oxygen atoms in total. The van der Waals surface area contributed by atoms with Gasteiger partial charge in [-0.05, 0) is 133 Å². The van der Waals surface area contributed by atoms with Gasteiger partial charge in [0, 0.05) is 22.3 Å². The summed E-state index contributed by atoms with van der Waals surface area (Å²) in [5.41, 5.74) is -5.62. The van der Waals surface area contributed by atoms with Gasteiger partial charge in [0.25, 0.3) is 0 Å². The quantitative estimate of drug-likeness (QED) is 0.183. The first-order valence-electron chi connectivity index (χ1n) is 17.4. The van der Waals surface area contributed by atoms with E-state index in [0.717, 1.165) is 0 Å². The third-order valence-corrected chi connectivity index (χ3v) is 10.4. The van der Waals surface area contributed by atoms with E-state index < -0.39 is 70.3 Å². The number of benzene rings is 4. The van der Waals surface area contributed by atoms with E-state index in [0.29, 0.717) is 97.9 Å². The van der Waals surface area contributed by atoms with Gasteiger partial charge in [-0.15, -0.1) is 0 Å². The highest BCUT2D eigenvalue weighted by Gasteiger charge is 2.41. The molecule has 302 valence electrons. The lowest BCUT2D eigenvalue weighted by Crippen LogP contribution is -2.17. The summed E-state index contributed by atoms with van der Waals surface area (Å²) in [6.45, 7) is 0. The summed E-state index contributed by atoms with van der Waals surface area (Å²) < 4.78 is 178. The fourth-order valence-corrected chi connectivity index (χ4v) is 7.82. The van der Waals surface area contributed by atoms with Crippen LogP contribution in [0.15, 0.2) is 48.5 Å². The van der Waals surface area contributed by atoms with Gasteiger partial charge in [-0.3, -0.25) is 0 Å². The molecule has 0 aromatic heterocycles. The fraction of sp³-hybridized carbons (Fsp3) is 0.400. The molecule has 0 amide bonds. The summed E-state index contributed by atoms with van der Waals surface area (Å²) in [6.07, 6.45) is -21.0. The number of aliphatic hydroxyl groups excluding tert-OH is 2. The van der Waals surface area contributed by atoms with Crippen molar-refractivity contribution in [3.05, 3.63) is 115 Å². The zero-order valence-corrected chi connectivity index (χ0v) is 29.7. The van der Waals surface area contributed by atoms with Crippen molar-refractivity contribution in [1.82, 2.24) is 0 Å². The number of ether oxygens (including phenoxy) is 2. The van der Waals surface area contributed by atoms with E-state index in [9.17, 15) is 62.9 Å². The Labute approximate surface area is 312 Å². The maximum Gasteiger partial charge on any atom is 0.416 e. The van der Waals surface area contributed by atoms with Crippen LogP contribution in [0.5, 0.6) is 11.5 Å². The second-order valence-corrected chi connectivity index (χ2v) is 13.9. The van der Waals surface area contributed by atoms with Gasteiger partial charge in [-0.1, -0.05) is 0 Å². The Kier molecular flexibility index (Phi) is 10.9. The predicted octanol–water partition coefficient (Wildman–Crippen LogP) is 11.4. The van der Waals surface area contributed by atoms with Crippen molar-refractivity contribution in [3.63, 3.8) is 0 Å². The number of halogens is 12. The van der Waals surface area contributed by atoms with Crippen molar-refractivity contribution in [2.24, 2.45) is 0 Å². The molecule has 6 rings (SSSR count). The number of methoxy groups -OCH3 is 2. The van der Waals surface area contributed by atoms with Gasteiger partial charge in [0.05, 0.1) is 36.5 Å². The molecule has 0 radical (unpaired) electrons. The van der Waals surface area contributed by atoms with E-state index in [4.69, 9.17) is 9.47 Å². The van der Waals surface area contributed by atoms with Crippen LogP contribution in [0.25, 0.3) is 11.1 Å². The molecule has 2 atom stereocenters. The lowest BCUT2D eigenvalue weighted by atomic mass is 9.77. The van der Waals surface area contributed by atoms with Crippen LogP contribution in [0, 0.1) is 0 Å². The molecule has 0 unspecified atom stereocenters. The van der Waals surface area contributed by atoms with Crippen molar-refractivity contribution >= 4 is 0 Å². The third-order valence-electron chi connectivity index (χ3n) is 10.4. The van der Waals surface area contributed by atoms with E-state index in [1.807, 2.05) is 0 Å². The average Bonchev–Trinajstić information content (AvgIpc) is 3.14. The number of hydrogen-bond donors (Lipinski definition) is 2. The molecule has 0 saturated heterocycles. The van der Waals surface area contributed by atoms with Crippen molar-refractivity contribution in [2.75, 3.05) is 14.2 Å². The van der Waals surface area contributed by atoms with Crippen molar-refractivity contribution in [3.8, 4) is 22.6 Å². The maximum atomic E-state index is 13.9. The number of hydrogen-bond acceptors (Lipinski definition) is 4. The Bertz CT molecular complexity index is 1920. The minimum Gasteiger partial charge on any atom is -0.496 e. The standard InChI is InChI=1S/C40H34F12O4/c1-55-35-29(33(53)21-11-23(37(41,42)43)17-24(12-21)38(44,45)46)15-19-7-3-5-9-27(19)31(35)32-28-10-6-4-8-20(28)16-30(36(32)56-2)34(54)22-13-25(39(47,48)49)18-26(14-22)40(50,51)52/h11-18,33-34,53-54H,3-10H2,1-2H3/t33-,34-/m1/s1. The highest BCUT2D eigenvalue weighted by atomic mass is 19.4. The van der Waals surface area contributed by atoms with Crippen LogP contribution < -0.4 is 9.47 Å². The first-order chi connectivity index (χ1) is 26.0. The summed E-state index contributed by atoms with van der Waals surface area (Å²) in [7, 11) is 2.35. The number of alkyl halides is 12. The molecule has 4 aromatic carbocycles. The molecule has 2 N–H and O–H groups in total. The molecule has 2 aliphatic rings. The van der Waals surface area contributed by atoms with E-state index >= 15 is 0 Å². The lowest BCUT2D eigenvalue weighted by molar-refractivity contribution is -0.144. The Morgan fingerprint density at radius 1 is 0.446 bits per heavy atom. The van der Waals surface area contributed by atoms with Crippen molar-refractivity contribution < 1.29 is 72.4 Å². The summed E-state index contributed by atoms with van der Waals surface area (Å²) in [5, 5.41) is 23.5. The number of fused-ring (bicyclic) bond motifs is 2. The first kappa shape index (κ1) is 41.2. The lowest BCUT2D eigenvalue weighted by Gasteiger charge is -2.31. The van der Waals surface area contributed by atoms with Gasteiger partial charge in [0.15, 0.2) is 0 Å². The van der Waals surface area contributed by atoms with Gasteiger partial charge >= 0.3 is 24.7 Å². The third kappa shape index (κ3) is 7.91. The van der Waals surface area contributed by atoms with Crippen LogP contribution in [-0.2, 0) is 50.4 Å². The van der Waals surface area contributed by atoms with Crippen molar-refractivity contribution in [1.29, 1.82) is 0 Å². The Morgan fingerprint density at radius 3 is 1.00 bits per heavy atom. The van der Waals surface area contributed by atoms with Crippen molar-refractivity contribution in [2.45, 2.75) is 88.3 Å². The highest BCUT2D eigenvalue weighted by molar-refractivity contribution is 5.86. The van der Waals surface area contributed by atoms with Crippen LogP contribution in [0.4, 0.5) is 52.7 Å². The second-order valence-electron chi connectivity index (χ2n) is 13.9. The smallest absolute Gasteiger partial charge is 0.416 e. The van der Waals surface area contributed by atoms with E-state index in [2.05, 4.69) is 0 Å².